The van der Waals surface area contributed by atoms with Crippen LogP contribution < -0.4 is 11.1 Å². The second-order valence-electron chi connectivity index (χ2n) is 4.53. The molecule has 0 aromatic heterocycles. The van der Waals surface area contributed by atoms with Crippen LogP contribution in [0.3, 0.4) is 0 Å². The maximum atomic E-state index is 12.1. The van der Waals surface area contributed by atoms with Crippen molar-refractivity contribution in [2.45, 2.75) is 20.4 Å². The molecule has 0 aliphatic heterocycles. The van der Waals surface area contributed by atoms with Crippen molar-refractivity contribution in [3.05, 3.63) is 65.5 Å². The lowest BCUT2D eigenvalue weighted by atomic mass is 10.1. The summed E-state index contributed by atoms with van der Waals surface area (Å²) in [6.45, 7) is 7.45. The summed E-state index contributed by atoms with van der Waals surface area (Å²) in [5.74, 6) is -0.415. The van der Waals surface area contributed by atoms with Gasteiger partial charge < -0.3 is 16.2 Å². The molecule has 4 N–H and O–H groups in total. The fourth-order valence-electron chi connectivity index (χ4n) is 1.51. The predicted octanol–water partition coefficient (Wildman–Crippen LogP) is 3.05. The first kappa shape index (κ1) is 15.7. The number of anilines is 1. The van der Waals surface area contributed by atoms with Gasteiger partial charge in [0.1, 0.15) is 5.76 Å². The third kappa shape index (κ3) is 4.74. The van der Waals surface area contributed by atoms with E-state index in [1.165, 1.54) is 6.92 Å². The van der Waals surface area contributed by atoms with Crippen molar-refractivity contribution in [2.24, 2.45) is 5.73 Å². The first-order valence-corrected chi connectivity index (χ1v) is 6.28. The van der Waals surface area contributed by atoms with Crippen molar-refractivity contribution in [3.63, 3.8) is 0 Å². The summed E-state index contributed by atoms with van der Waals surface area (Å²) in [7, 11) is 0. The molecule has 0 radical (unpaired) electrons. The van der Waals surface area contributed by atoms with Gasteiger partial charge in [0.15, 0.2) is 0 Å². The molecular weight excluding hydrogens is 252 g/mol. The zero-order valence-corrected chi connectivity index (χ0v) is 11.8. The summed E-state index contributed by atoms with van der Waals surface area (Å²) < 4.78 is 0. The third-order valence-corrected chi connectivity index (χ3v) is 2.62. The minimum Gasteiger partial charge on any atom is -0.512 e. The lowest BCUT2D eigenvalue weighted by Crippen LogP contribution is -2.14. The Morgan fingerprint density at radius 2 is 1.90 bits per heavy atom. The van der Waals surface area contributed by atoms with Gasteiger partial charge in [-0.25, -0.2) is 0 Å². The number of aliphatic hydroxyl groups excluding tert-OH is 1. The van der Waals surface area contributed by atoms with Crippen LogP contribution in [0.5, 0.6) is 0 Å². The van der Waals surface area contributed by atoms with Crippen LogP contribution in [0.4, 0.5) is 5.69 Å². The first-order chi connectivity index (χ1) is 9.43. The van der Waals surface area contributed by atoms with Crippen LogP contribution in [0.2, 0.25) is 0 Å². The summed E-state index contributed by atoms with van der Waals surface area (Å²) >= 11 is 0. The van der Waals surface area contributed by atoms with Crippen molar-refractivity contribution in [3.8, 4) is 0 Å². The Hall–Kier alpha value is -2.33. The van der Waals surface area contributed by atoms with Crippen LogP contribution in [-0.4, -0.2) is 11.0 Å². The molecule has 0 bridgehead atoms. The molecule has 1 rings (SSSR count). The molecule has 1 aromatic carbocycles. The van der Waals surface area contributed by atoms with Crippen molar-refractivity contribution in [1.29, 1.82) is 0 Å². The van der Waals surface area contributed by atoms with E-state index in [2.05, 4.69) is 11.9 Å². The van der Waals surface area contributed by atoms with Crippen LogP contribution in [0, 0.1) is 0 Å². The summed E-state index contributed by atoms with van der Waals surface area (Å²) in [4.78, 5) is 12.1. The number of allylic oxidation sites excluding steroid dienone is 3. The van der Waals surface area contributed by atoms with Crippen molar-refractivity contribution in [1.82, 2.24) is 0 Å². The van der Waals surface area contributed by atoms with Crippen LogP contribution >= 0.6 is 0 Å². The molecule has 1 aromatic rings. The van der Waals surface area contributed by atoms with Crippen molar-refractivity contribution in [2.75, 3.05) is 5.32 Å². The number of carbonyl (C=O) groups excluding carboxylic acids is 1. The van der Waals surface area contributed by atoms with E-state index in [4.69, 9.17) is 5.73 Å². The molecule has 0 aliphatic rings. The Morgan fingerprint density at radius 3 is 2.35 bits per heavy atom. The second kappa shape index (κ2) is 7.31. The maximum Gasteiger partial charge on any atom is 0.259 e. The fourth-order valence-corrected chi connectivity index (χ4v) is 1.51. The van der Waals surface area contributed by atoms with E-state index in [9.17, 15) is 9.90 Å². The number of carbonyl (C=O) groups is 1. The van der Waals surface area contributed by atoms with Crippen LogP contribution in [0.25, 0.3) is 0 Å². The topological polar surface area (TPSA) is 75.4 Å². The molecule has 0 atom stereocenters. The summed E-state index contributed by atoms with van der Waals surface area (Å²) in [5.41, 5.74) is 8.14. The van der Waals surface area contributed by atoms with Gasteiger partial charge in [-0.2, -0.15) is 0 Å². The normalized spacial score (nSPS) is 12.2. The molecule has 0 spiro atoms. The number of nitrogens with two attached hydrogens (primary N) is 1. The van der Waals surface area contributed by atoms with Gasteiger partial charge in [0.2, 0.25) is 0 Å². The van der Waals surface area contributed by atoms with Crippen LogP contribution in [-0.2, 0) is 11.3 Å². The molecule has 1 amide bonds. The number of hydrogen-bond donors (Lipinski definition) is 3. The highest BCUT2D eigenvalue weighted by Crippen LogP contribution is 2.13. The van der Waals surface area contributed by atoms with E-state index in [1.807, 2.05) is 19.1 Å². The Balaban J connectivity index is 2.86. The smallest absolute Gasteiger partial charge is 0.259 e. The van der Waals surface area contributed by atoms with E-state index in [0.717, 1.165) is 11.1 Å². The molecule has 0 saturated carbocycles. The number of aliphatic hydroxyl groups is 1. The number of nitrogens with one attached hydrogen (secondary N) is 1. The third-order valence-electron chi connectivity index (χ3n) is 2.62. The van der Waals surface area contributed by atoms with Gasteiger partial charge in [-0.15, -0.1) is 0 Å². The molecule has 0 heterocycles. The van der Waals surface area contributed by atoms with E-state index in [1.54, 1.807) is 24.3 Å². The van der Waals surface area contributed by atoms with E-state index in [0.29, 0.717) is 12.2 Å². The zero-order valence-electron chi connectivity index (χ0n) is 11.8. The molecule has 0 aliphatic carbocycles. The lowest BCUT2D eigenvalue weighted by molar-refractivity contribution is -0.112. The Bertz CT molecular complexity index is 550. The fraction of sp³-hybridized carbons (Fsp3) is 0.188. The standard InChI is InChI=1S/C16H20N2O2/c1-11(2)4-9-15(12(3)19)16(20)18-14-7-5-13(10-17)6-8-14/h4-9,19H,1,10,17H2,2-3H3,(H,18,20)/b9-4-,15-12-. The van der Waals surface area contributed by atoms with Crippen LogP contribution in [0.1, 0.15) is 19.4 Å². The predicted molar refractivity (Wildman–Crippen MR) is 82.2 cm³/mol. The van der Waals surface area contributed by atoms with Gasteiger partial charge in [-0.05, 0) is 37.6 Å². The Morgan fingerprint density at radius 1 is 1.30 bits per heavy atom. The maximum absolute atomic E-state index is 12.1. The molecule has 0 unspecified atom stereocenters. The lowest BCUT2D eigenvalue weighted by Gasteiger charge is -2.07. The highest BCUT2D eigenvalue weighted by molar-refractivity contribution is 6.06. The van der Waals surface area contributed by atoms with Gasteiger partial charge in [-0.3, -0.25) is 4.79 Å². The first-order valence-electron chi connectivity index (χ1n) is 6.28. The monoisotopic (exact) mass is 272 g/mol. The zero-order chi connectivity index (χ0) is 15.1. The van der Waals surface area contributed by atoms with Crippen molar-refractivity contribution >= 4 is 11.6 Å². The van der Waals surface area contributed by atoms with Crippen LogP contribution in [0.15, 0.2) is 59.9 Å². The molecule has 4 heteroatoms. The number of benzene rings is 1. The summed E-state index contributed by atoms with van der Waals surface area (Å²) in [5, 5.41) is 12.3. The molecule has 4 nitrogen and oxygen atoms in total. The average Bonchev–Trinajstić information content (AvgIpc) is 2.39. The van der Waals surface area contributed by atoms with E-state index < -0.39 is 0 Å². The Kier molecular flexibility index (Phi) is 5.74. The van der Waals surface area contributed by atoms with Gasteiger partial charge >= 0.3 is 0 Å². The minimum absolute atomic E-state index is 0.0430. The highest BCUT2D eigenvalue weighted by atomic mass is 16.3. The summed E-state index contributed by atoms with van der Waals surface area (Å²) in [6, 6.07) is 7.23. The van der Waals surface area contributed by atoms with Crippen molar-refractivity contribution < 1.29 is 9.90 Å². The highest BCUT2D eigenvalue weighted by Gasteiger charge is 2.10. The van der Waals surface area contributed by atoms with E-state index in [-0.39, 0.29) is 17.2 Å². The van der Waals surface area contributed by atoms with Gasteiger partial charge in [0.05, 0.1) is 5.57 Å². The number of rotatable bonds is 5. The molecular formula is C16H20N2O2. The number of amides is 1. The molecule has 0 saturated heterocycles. The van der Waals surface area contributed by atoms with Gasteiger partial charge in [-0.1, -0.05) is 30.4 Å². The molecule has 106 valence electrons. The minimum atomic E-state index is -0.372. The quantitative estimate of drug-likeness (QED) is 0.438. The average molecular weight is 272 g/mol. The van der Waals surface area contributed by atoms with Gasteiger partial charge in [0, 0.05) is 12.2 Å². The van der Waals surface area contributed by atoms with E-state index >= 15 is 0 Å². The second-order valence-corrected chi connectivity index (χ2v) is 4.53. The number of hydrogen-bond acceptors (Lipinski definition) is 3. The SMILES string of the molecule is C=C(C)/C=C\C(C(=O)Nc1ccc(CN)cc1)=C(/C)O. The molecule has 0 fully saturated rings. The van der Waals surface area contributed by atoms with Gasteiger partial charge in [0.25, 0.3) is 5.91 Å². The largest absolute Gasteiger partial charge is 0.512 e. The summed E-state index contributed by atoms with van der Waals surface area (Å²) in [6.07, 6.45) is 3.22. The Labute approximate surface area is 119 Å². The molecule has 20 heavy (non-hydrogen) atoms.